The number of phenolic OH excluding ortho intramolecular Hbond substituents is 1. The minimum atomic E-state index is -1.04. The highest BCUT2D eigenvalue weighted by atomic mass is 16.4. The molecule has 0 saturated carbocycles. The van der Waals surface area contributed by atoms with E-state index in [1.807, 2.05) is 6.92 Å². The van der Waals surface area contributed by atoms with Gasteiger partial charge in [0.25, 0.3) is 0 Å². The van der Waals surface area contributed by atoms with Gasteiger partial charge in [-0.2, -0.15) is 0 Å². The number of nitrogens with one attached hydrogen (secondary N) is 1. The maximum Gasteiger partial charge on any atom is 0.338 e. The van der Waals surface area contributed by atoms with E-state index >= 15 is 0 Å². The molecule has 78 valence electrons. The summed E-state index contributed by atoms with van der Waals surface area (Å²) in [5.41, 5.74) is 1.50. The summed E-state index contributed by atoms with van der Waals surface area (Å²) in [5.74, 6) is -0.974. The van der Waals surface area contributed by atoms with E-state index < -0.39 is 5.97 Å². The van der Waals surface area contributed by atoms with Crippen molar-refractivity contribution in [2.45, 2.75) is 13.3 Å². The van der Waals surface area contributed by atoms with E-state index in [1.54, 1.807) is 12.1 Å². The molecule has 0 fully saturated rings. The molecule has 0 bridgehead atoms. The third-order valence-electron chi connectivity index (χ3n) is 2.51. The first kappa shape index (κ1) is 9.58. The zero-order valence-corrected chi connectivity index (χ0v) is 8.24. The SMILES string of the molecule is CCc1ccc2[nH]cc(C(=O)O)c2c1O. The Labute approximate surface area is 86.2 Å². The highest BCUT2D eigenvalue weighted by molar-refractivity contribution is 6.06. The van der Waals surface area contributed by atoms with Crippen LogP contribution in [0.5, 0.6) is 5.75 Å². The van der Waals surface area contributed by atoms with Gasteiger partial charge in [0.05, 0.1) is 16.5 Å². The van der Waals surface area contributed by atoms with E-state index in [4.69, 9.17) is 5.11 Å². The van der Waals surface area contributed by atoms with Crippen molar-refractivity contribution in [1.82, 2.24) is 4.98 Å². The third-order valence-corrected chi connectivity index (χ3v) is 2.51. The fourth-order valence-electron chi connectivity index (χ4n) is 1.70. The number of H-pyrrole nitrogens is 1. The summed E-state index contributed by atoms with van der Waals surface area (Å²) in [7, 11) is 0. The molecule has 0 spiro atoms. The Bertz CT molecular complexity index is 528. The number of carbonyl (C=O) groups is 1. The number of phenols is 1. The van der Waals surface area contributed by atoms with E-state index in [9.17, 15) is 9.90 Å². The maximum absolute atomic E-state index is 10.9. The van der Waals surface area contributed by atoms with Crippen molar-refractivity contribution in [2.24, 2.45) is 0 Å². The molecule has 0 aliphatic rings. The van der Waals surface area contributed by atoms with Crippen LogP contribution in [0.3, 0.4) is 0 Å². The van der Waals surface area contributed by atoms with Crippen LogP contribution in [-0.2, 0) is 6.42 Å². The molecule has 0 aliphatic heterocycles. The van der Waals surface area contributed by atoms with Crippen LogP contribution in [0, 0.1) is 0 Å². The lowest BCUT2D eigenvalue weighted by Crippen LogP contribution is -1.94. The second-order valence-corrected chi connectivity index (χ2v) is 3.36. The molecular formula is C11H11NO3. The second kappa shape index (κ2) is 3.31. The molecule has 0 atom stereocenters. The van der Waals surface area contributed by atoms with Crippen LogP contribution >= 0.6 is 0 Å². The number of aromatic amines is 1. The van der Waals surface area contributed by atoms with E-state index in [1.165, 1.54) is 6.20 Å². The van der Waals surface area contributed by atoms with Gasteiger partial charge in [-0.1, -0.05) is 13.0 Å². The quantitative estimate of drug-likeness (QED) is 0.703. The third kappa shape index (κ3) is 1.34. The molecule has 0 radical (unpaired) electrons. The summed E-state index contributed by atoms with van der Waals surface area (Å²) in [6.07, 6.45) is 2.07. The molecule has 2 aromatic rings. The van der Waals surface area contributed by atoms with Crippen LogP contribution in [0.2, 0.25) is 0 Å². The van der Waals surface area contributed by atoms with Crippen LogP contribution in [0.15, 0.2) is 18.3 Å². The van der Waals surface area contributed by atoms with E-state index in [0.29, 0.717) is 17.3 Å². The van der Waals surface area contributed by atoms with Crippen LogP contribution in [-0.4, -0.2) is 21.2 Å². The van der Waals surface area contributed by atoms with Crippen LogP contribution in [0.25, 0.3) is 10.9 Å². The molecule has 1 aromatic heterocycles. The monoisotopic (exact) mass is 205 g/mol. The number of fused-ring (bicyclic) bond motifs is 1. The molecule has 0 saturated heterocycles. The minimum absolute atomic E-state index is 0.0636. The van der Waals surface area contributed by atoms with Gasteiger partial charge in [-0.05, 0) is 18.1 Å². The summed E-state index contributed by atoms with van der Waals surface area (Å²) in [5, 5.41) is 19.2. The van der Waals surface area contributed by atoms with Crippen molar-refractivity contribution >= 4 is 16.9 Å². The molecule has 0 aliphatic carbocycles. The lowest BCUT2D eigenvalue weighted by atomic mass is 10.1. The molecule has 0 amide bonds. The Balaban J connectivity index is 2.82. The highest BCUT2D eigenvalue weighted by Crippen LogP contribution is 2.31. The van der Waals surface area contributed by atoms with Crippen molar-refractivity contribution in [2.75, 3.05) is 0 Å². The molecule has 0 unspecified atom stereocenters. The Morgan fingerprint density at radius 3 is 2.80 bits per heavy atom. The lowest BCUT2D eigenvalue weighted by molar-refractivity contribution is 0.0699. The van der Waals surface area contributed by atoms with Gasteiger partial charge in [0, 0.05) is 6.20 Å². The van der Waals surface area contributed by atoms with Crippen molar-refractivity contribution in [1.29, 1.82) is 0 Å². The Morgan fingerprint density at radius 1 is 1.47 bits per heavy atom. The number of carboxylic acids is 1. The number of carboxylic acid groups (broad SMARTS) is 1. The lowest BCUT2D eigenvalue weighted by Gasteiger charge is -2.03. The molecule has 2 rings (SSSR count). The van der Waals surface area contributed by atoms with Crippen molar-refractivity contribution in [3.8, 4) is 5.75 Å². The number of aromatic nitrogens is 1. The largest absolute Gasteiger partial charge is 0.507 e. The first-order valence-corrected chi connectivity index (χ1v) is 4.70. The van der Waals surface area contributed by atoms with Crippen LogP contribution in [0.1, 0.15) is 22.8 Å². The van der Waals surface area contributed by atoms with Gasteiger partial charge in [0.2, 0.25) is 0 Å². The van der Waals surface area contributed by atoms with Crippen molar-refractivity contribution < 1.29 is 15.0 Å². The first-order valence-electron chi connectivity index (χ1n) is 4.70. The van der Waals surface area contributed by atoms with Gasteiger partial charge in [0.15, 0.2) is 0 Å². The van der Waals surface area contributed by atoms with Gasteiger partial charge in [-0.15, -0.1) is 0 Å². The summed E-state index contributed by atoms with van der Waals surface area (Å²) < 4.78 is 0. The zero-order chi connectivity index (χ0) is 11.0. The zero-order valence-electron chi connectivity index (χ0n) is 8.24. The number of hydrogen-bond donors (Lipinski definition) is 3. The molecule has 4 nitrogen and oxygen atoms in total. The summed E-state index contributed by atoms with van der Waals surface area (Å²) in [6.45, 7) is 1.91. The number of aromatic hydroxyl groups is 1. The van der Waals surface area contributed by atoms with Crippen LogP contribution < -0.4 is 0 Å². The number of benzene rings is 1. The van der Waals surface area contributed by atoms with Crippen molar-refractivity contribution in [3.63, 3.8) is 0 Å². The topological polar surface area (TPSA) is 73.3 Å². The smallest absolute Gasteiger partial charge is 0.338 e. The Kier molecular flexibility index (Phi) is 2.11. The van der Waals surface area contributed by atoms with Gasteiger partial charge in [-0.3, -0.25) is 0 Å². The normalized spacial score (nSPS) is 10.7. The second-order valence-electron chi connectivity index (χ2n) is 3.36. The highest BCUT2D eigenvalue weighted by Gasteiger charge is 2.15. The van der Waals surface area contributed by atoms with Gasteiger partial charge >= 0.3 is 5.97 Å². The number of hydrogen-bond acceptors (Lipinski definition) is 2. The number of aromatic carboxylic acids is 1. The van der Waals surface area contributed by atoms with Crippen LogP contribution in [0.4, 0.5) is 0 Å². The van der Waals surface area contributed by atoms with E-state index in [-0.39, 0.29) is 11.3 Å². The number of rotatable bonds is 2. The summed E-state index contributed by atoms with van der Waals surface area (Å²) >= 11 is 0. The molecule has 4 heteroatoms. The summed E-state index contributed by atoms with van der Waals surface area (Å²) in [6, 6.07) is 3.57. The first-order chi connectivity index (χ1) is 7.15. The molecule has 1 aromatic carbocycles. The van der Waals surface area contributed by atoms with Gasteiger partial charge < -0.3 is 15.2 Å². The predicted molar refractivity (Wildman–Crippen MR) is 56.3 cm³/mol. The molecule has 15 heavy (non-hydrogen) atoms. The van der Waals surface area contributed by atoms with Gasteiger partial charge in [0.1, 0.15) is 5.75 Å². The molecular weight excluding hydrogens is 194 g/mol. The standard InChI is InChI=1S/C11H11NO3/c1-2-6-3-4-8-9(10(6)13)7(5-12-8)11(14)15/h3-5,12-13H,2H2,1H3,(H,14,15). The van der Waals surface area contributed by atoms with E-state index in [2.05, 4.69) is 4.98 Å². The average Bonchev–Trinajstić information content (AvgIpc) is 2.63. The minimum Gasteiger partial charge on any atom is -0.507 e. The average molecular weight is 205 g/mol. The fraction of sp³-hybridized carbons (Fsp3) is 0.182. The maximum atomic E-state index is 10.9. The van der Waals surface area contributed by atoms with Crippen molar-refractivity contribution in [3.05, 3.63) is 29.5 Å². The molecule has 1 heterocycles. The Hall–Kier alpha value is -1.97. The van der Waals surface area contributed by atoms with Gasteiger partial charge in [-0.25, -0.2) is 4.79 Å². The predicted octanol–water partition coefficient (Wildman–Crippen LogP) is 2.13. The number of aryl methyl sites for hydroxylation is 1. The summed E-state index contributed by atoms with van der Waals surface area (Å²) in [4.78, 5) is 13.7. The Morgan fingerprint density at radius 2 is 2.20 bits per heavy atom. The fourth-order valence-corrected chi connectivity index (χ4v) is 1.70. The molecule has 3 N–H and O–H groups in total. The van der Waals surface area contributed by atoms with E-state index in [0.717, 1.165) is 5.56 Å².